The van der Waals surface area contributed by atoms with Crippen LogP contribution in [-0.4, -0.2) is 9.55 Å². The summed E-state index contributed by atoms with van der Waals surface area (Å²) >= 11 is 0. The van der Waals surface area contributed by atoms with Gasteiger partial charge in [0.15, 0.2) is 0 Å². The van der Waals surface area contributed by atoms with Gasteiger partial charge in [0.05, 0.1) is 6.54 Å². The lowest BCUT2D eigenvalue weighted by Gasteiger charge is -2.05. The molecule has 0 aliphatic heterocycles. The number of fused-ring (bicyclic) bond motifs is 1. The third-order valence-corrected chi connectivity index (χ3v) is 3.61. The molecule has 2 heterocycles. The van der Waals surface area contributed by atoms with E-state index in [4.69, 9.17) is 4.42 Å². The molecule has 4 nitrogen and oxygen atoms in total. The fourth-order valence-electron chi connectivity index (χ4n) is 2.49. The van der Waals surface area contributed by atoms with Gasteiger partial charge in [-0.3, -0.25) is 0 Å². The Morgan fingerprint density at radius 1 is 1.25 bits per heavy atom. The van der Waals surface area contributed by atoms with Crippen LogP contribution in [0.15, 0.2) is 41.1 Å². The Balaban J connectivity index is 1.78. The van der Waals surface area contributed by atoms with Crippen LogP contribution in [0, 0.1) is 0 Å². The number of aryl methyl sites for hydroxylation is 2. The van der Waals surface area contributed by atoms with E-state index in [2.05, 4.69) is 29.4 Å². The molecule has 1 aromatic carbocycles. The summed E-state index contributed by atoms with van der Waals surface area (Å²) in [5.74, 6) is 2.11. The van der Waals surface area contributed by atoms with Crippen molar-refractivity contribution in [2.45, 2.75) is 26.4 Å². The quantitative estimate of drug-likeness (QED) is 0.774. The molecule has 1 N–H and O–H groups in total. The number of rotatable bonds is 5. The molecule has 0 atom stereocenters. The minimum absolute atomic E-state index is 0.756. The highest BCUT2D eigenvalue weighted by atomic mass is 16.3. The van der Waals surface area contributed by atoms with Crippen molar-refractivity contribution in [3.8, 4) is 0 Å². The molecule has 0 radical (unpaired) electrons. The zero-order valence-corrected chi connectivity index (χ0v) is 11.9. The first-order chi connectivity index (χ1) is 9.79. The largest absolute Gasteiger partial charge is 0.461 e. The number of furan rings is 1. The van der Waals surface area contributed by atoms with Crippen molar-refractivity contribution in [2.75, 3.05) is 0 Å². The van der Waals surface area contributed by atoms with Crippen LogP contribution in [-0.2, 0) is 26.6 Å². The number of nitrogens with one attached hydrogen (secondary N) is 1. The number of nitrogens with zero attached hydrogens (tertiary/aromatic N) is 2. The molecular formula is C16H19N3O. The number of imidazole rings is 1. The first kappa shape index (κ1) is 12.9. The Bertz CT molecular complexity index is 711. The van der Waals surface area contributed by atoms with Crippen LogP contribution in [0.4, 0.5) is 0 Å². The molecule has 0 bridgehead atoms. The van der Waals surface area contributed by atoms with Gasteiger partial charge in [-0.2, -0.15) is 0 Å². The molecule has 0 fully saturated rings. The average Bonchev–Trinajstić information content (AvgIpc) is 3.03. The van der Waals surface area contributed by atoms with Crippen LogP contribution in [0.2, 0.25) is 0 Å². The highest BCUT2D eigenvalue weighted by molar-refractivity contribution is 5.82. The minimum Gasteiger partial charge on any atom is -0.461 e. The maximum Gasteiger partial charge on any atom is 0.134 e. The van der Waals surface area contributed by atoms with Gasteiger partial charge in [0, 0.05) is 43.4 Å². The Morgan fingerprint density at radius 2 is 2.10 bits per heavy atom. The summed E-state index contributed by atoms with van der Waals surface area (Å²) in [6.07, 6.45) is 4.69. The molecular weight excluding hydrogens is 250 g/mol. The fraction of sp³-hybridized carbons (Fsp3) is 0.312. The number of para-hydroxylation sites is 1. The highest BCUT2D eigenvalue weighted by Gasteiger charge is 2.12. The third-order valence-electron chi connectivity index (χ3n) is 3.61. The standard InChI is InChI=1S/C16H19N3O/c1-3-14-13(12-6-4-5-7-15(12)20-14)10-17-11-16-18-8-9-19(16)2/h4-9,17H,3,10-11H2,1-2H3. The highest BCUT2D eigenvalue weighted by Crippen LogP contribution is 2.26. The zero-order chi connectivity index (χ0) is 13.9. The van der Waals surface area contributed by atoms with Crippen molar-refractivity contribution in [1.29, 1.82) is 0 Å². The molecule has 3 aromatic rings. The van der Waals surface area contributed by atoms with Gasteiger partial charge in [0.1, 0.15) is 17.2 Å². The third kappa shape index (κ3) is 2.34. The van der Waals surface area contributed by atoms with E-state index in [1.54, 1.807) is 0 Å². The molecule has 4 heteroatoms. The Labute approximate surface area is 118 Å². The second kappa shape index (κ2) is 5.51. The summed E-state index contributed by atoms with van der Waals surface area (Å²) in [6.45, 7) is 3.68. The molecule has 20 heavy (non-hydrogen) atoms. The predicted molar refractivity (Wildman–Crippen MR) is 79.3 cm³/mol. The van der Waals surface area contributed by atoms with Crippen LogP contribution >= 0.6 is 0 Å². The summed E-state index contributed by atoms with van der Waals surface area (Å²) in [5, 5.41) is 4.66. The lowest BCUT2D eigenvalue weighted by atomic mass is 10.1. The molecule has 104 valence electrons. The number of aromatic nitrogens is 2. The van der Waals surface area contributed by atoms with E-state index in [1.807, 2.05) is 36.1 Å². The van der Waals surface area contributed by atoms with E-state index in [0.717, 1.165) is 36.7 Å². The van der Waals surface area contributed by atoms with Gasteiger partial charge in [-0.15, -0.1) is 0 Å². The second-order valence-corrected chi connectivity index (χ2v) is 4.91. The van der Waals surface area contributed by atoms with Crippen molar-refractivity contribution in [3.63, 3.8) is 0 Å². The topological polar surface area (TPSA) is 43.0 Å². The van der Waals surface area contributed by atoms with E-state index >= 15 is 0 Å². The summed E-state index contributed by atoms with van der Waals surface area (Å²) in [5.41, 5.74) is 2.23. The zero-order valence-electron chi connectivity index (χ0n) is 11.9. The van der Waals surface area contributed by atoms with Gasteiger partial charge in [-0.05, 0) is 6.07 Å². The fourth-order valence-corrected chi connectivity index (χ4v) is 2.49. The summed E-state index contributed by atoms with van der Waals surface area (Å²) in [6, 6.07) is 8.21. The monoisotopic (exact) mass is 269 g/mol. The second-order valence-electron chi connectivity index (χ2n) is 4.91. The normalized spacial score (nSPS) is 11.3. The molecule has 0 saturated heterocycles. The smallest absolute Gasteiger partial charge is 0.134 e. The van der Waals surface area contributed by atoms with Crippen molar-refractivity contribution in [3.05, 3.63) is 53.8 Å². The average molecular weight is 269 g/mol. The van der Waals surface area contributed by atoms with Crippen molar-refractivity contribution < 1.29 is 4.42 Å². The van der Waals surface area contributed by atoms with Crippen molar-refractivity contribution >= 4 is 11.0 Å². The van der Waals surface area contributed by atoms with Gasteiger partial charge in [-0.1, -0.05) is 25.1 Å². The Hall–Kier alpha value is -2.07. The first-order valence-corrected chi connectivity index (χ1v) is 6.95. The predicted octanol–water partition coefficient (Wildman–Crippen LogP) is 3.02. The van der Waals surface area contributed by atoms with Gasteiger partial charge < -0.3 is 14.3 Å². The number of hydrogen-bond acceptors (Lipinski definition) is 3. The molecule has 0 aliphatic rings. The van der Waals surface area contributed by atoms with E-state index in [-0.39, 0.29) is 0 Å². The lowest BCUT2D eigenvalue weighted by Crippen LogP contribution is -2.16. The van der Waals surface area contributed by atoms with Crippen LogP contribution < -0.4 is 5.32 Å². The van der Waals surface area contributed by atoms with Crippen LogP contribution in [0.25, 0.3) is 11.0 Å². The Kier molecular flexibility index (Phi) is 3.56. The van der Waals surface area contributed by atoms with E-state index in [9.17, 15) is 0 Å². The summed E-state index contributed by atoms with van der Waals surface area (Å²) < 4.78 is 7.93. The SMILES string of the molecule is CCc1oc2ccccc2c1CNCc1nccn1C. The van der Waals surface area contributed by atoms with Gasteiger partial charge in [-0.25, -0.2) is 4.98 Å². The molecule has 0 amide bonds. The molecule has 0 saturated carbocycles. The number of benzene rings is 1. The van der Waals surface area contributed by atoms with Gasteiger partial charge >= 0.3 is 0 Å². The van der Waals surface area contributed by atoms with Crippen molar-refractivity contribution in [1.82, 2.24) is 14.9 Å². The molecule has 3 rings (SSSR count). The molecule has 2 aromatic heterocycles. The van der Waals surface area contributed by atoms with Gasteiger partial charge in [0.25, 0.3) is 0 Å². The van der Waals surface area contributed by atoms with Crippen LogP contribution in [0.3, 0.4) is 0 Å². The molecule has 0 unspecified atom stereocenters. The summed E-state index contributed by atoms with van der Waals surface area (Å²) in [7, 11) is 2.01. The van der Waals surface area contributed by atoms with Crippen LogP contribution in [0.1, 0.15) is 24.1 Å². The molecule has 0 aliphatic carbocycles. The Morgan fingerprint density at radius 3 is 2.85 bits per heavy atom. The summed E-state index contributed by atoms with van der Waals surface area (Å²) in [4.78, 5) is 4.32. The van der Waals surface area contributed by atoms with Crippen LogP contribution in [0.5, 0.6) is 0 Å². The van der Waals surface area contributed by atoms with E-state index in [1.165, 1.54) is 10.9 Å². The lowest BCUT2D eigenvalue weighted by molar-refractivity contribution is 0.542. The number of hydrogen-bond donors (Lipinski definition) is 1. The van der Waals surface area contributed by atoms with E-state index in [0.29, 0.717) is 0 Å². The molecule has 0 spiro atoms. The van der Waals surface area contributed by atoms with E-state index < -0.39 is 0 Å². The van der Waals surface area contributed by atoms with Gasteiger partial charge in [0.2, 0.25) is 0 Å². The maximum absolute atomic E-state index is 5.90. The van der Waals surface area contributed by atoms with Crippen molar-refractivity contribution in [2.24, 2.45) is 7.05 Å². The maximum atomic E-state index is 5.90. The minimum atomic E-state index is 0.756. The first-order valence-electron chi connectivity index (χ1n) is 6.95.